The minimum atomic E-state index is -3.76. The molecule has 4 rings (SSSR count). The molecule has 0 aromatic heterocycles. The summed E-state index contributed by atoms with van der Waals surface area (Å²) in [6.07, 6.45) is 2.87. The van der Waals surface area contributed by atoms with Gasteiger partial charge in [0.2, 0.25) is 15.9 Å². The van der Waals surface area contributed by atoms with Crippen molar-refractivity contribution in [3.8, 4) is 0 Å². The van der Waals surface area contributed by atoms with E-state index in [1.807, 2.05) is 23.1 Å². The fraction of sp³-hybridized carbons (Fsp3) is 0.409. The van der Waals surface area contributed by atoms with E-state index >= 15 is 0 Å². The SMILES string of the molecule is Cc1ccc(S(=O)(=O)N2CCC(C(=O)N3CCCc4ccccc43)CC2)cc1F. The first-order valence-corrected chi connectivity index (χ1v) is 11.5. The van der Waals surface area contributed by atoms with Crippen LogP contribution in [0.1, 0.15) is 30.4 Å². The summed E-state index contributed by atoms with van der Waals surface area (Å²) in [5.74, 6) is -0.641. The van der Waals surface area contributed by atoms with Crippen LogP contribution >= 0.6 is 0 Å². The van der Waals surface area contributed by atoms with Gasteiger partial charge in [0, 0.05) is 31.2 Å². The van der Waals surface area contributed by atoms with E-state index in [0.717, 1.165) is 24.6 Å². The first kappa shape index (κ1) is 20.0. The van der Waals surface area contributed by atoms with Gasteiger partial charge in [0.15, 0.2) is 0 Å². The van der Waals surface area contributed by atoms with E-state index in [-0.39, 0.29) is 29.8 Å². The van der Waals surface area contributed by atoms with Gasteiger partial charge in [0.1, 0.15) is 5.82 Å². The van der Waals surface area contributed by atoms with Crippen molar-refractivity contribution in [2.24, 2.45) is 5.92 Å². The average Bonchev–Trinajstić information content (AvgIpc) is 2.74. The molecule has 7 heteroatoms. The zero-order valence-corrected chi connectivity index (χ0v) is 17.3. The Morgan fingerprint density at radius 2 is 1.79 bits per heavy atom. The summed E-state index contributed by atoms with van der Waals surface area (Å²) >= 11 is 0. The molecule has 154 valence electrons. The van der Waals surface area contributed by atoms with Crippen LogP contribution < -0.4 is 4.90 Å². The molecular weight excluding hydrogens is 391 g/mol. The van der Waals surface area contributed by atoms with Gasteiger partial charge < -0.3 is 4.90 Å². The van der Waals surface area contributed by atoms with E-state index < -0.39 is 15.8 Å². The van der Waals surface area contributed by atoms with Crippen molar-refractivity contribution >= 4 is 21.6 Å². The van der Waals surface area contributed by atoms with Crippen LogP contribution in [0.15, 0.2) is 47.4 Å². The number of rotatable bonds is 3. The molecule has 29 heavy (non-hydrogen) atoms. The van der Waals surface area contributed by atoms with Crippen LogP contribution in [0, 0.1) is 18.7 Å². The molecule has 2 aliphatic heterocycles. The van der Waals surface area contributed by atoms with E-state index in [1.165, 1.54) is 22.0 Å². The standard InChI is InChI=1S/C22H25FN2O3S/c1-16-8-9-19(15-20(16)23)29(27,28)24-13-10-18(11-14-24)22(26)25-12-4-6-17-5-2-3-7-21(17)25/h2-3,5,7-9,15,18H,4,6,10-14H2,1H3. The minimum absolute atomic E-state index is 0.0321. The summed E-state index contributed by atoms with van der Waals surface area (Å²) in [5.41, 5.74) is 2.58. The Morgan fingerprint density at radius 3 is 2.52 bits per heavy atom. The maximum absolute atomic E-state index is 13.8. The van der Waals surface area contributed by atoms with Gasteiger partial charge in [0.05, 0.1) is 4.90 Å². The lowest BCUT2D eigenvalue weighted by Crippen LogP contribution is -2.45. The van der Waals surface area contributed by atoms with E-state index in [9.17, 15) is 17.6 Å². The zero-order valence-electron chi connectivity index (χ0n) is 16.5. The van der Waals surface area contributed by atoms with Crippen molar-refractivity contribution < 1.29 is 17.6 Å². The van der Waals surface area contributed by atoms with Gasteiger partial charge in [-0.15, -0.1) is 0 Å². The second-order valence-corrected chi connectivity index (χ2v) is 9.75. The molecule has 2 aromatic rings. The molecule has 0 aliphatic carbocycles. The van der Waals surface area contributed by atoms with Crippen molar-refractivity contribution in [2.45, 2.75) is 37.5 Å². The molecule has 0 bridgehead atoms. The topological polar surface area (TPSA) is 57.7 Å². The number of hydrogen-bond acceptors (Lipinski definition) is 3. The lowest BCUT2D eigenvalue weighted by molar-refractivity contribution is -0.123. The van der Waals surface area contributed by atoms with Crippen molar-refractivity contribution in [3.63, 3.8) is 0 Å². The number of hydrogen-bond donors (Lipinski definition) is 0. The second-order valence-electron chi connectivity index (χ2n) is 7.81. The molecule has 0 N–H and O–H groups in total. The van der Waals surface area contributed by atoms with E-state index in [0.29, 0.717) is 24.9 Å². The number of halogens is 1. The summed E-state index contributed by atoms with van der Waals surface area (Å²) in [4.78, 5) is 15.0. The molecule has 1 saturated heterocycles. The molecule has 5 nitrogen and oxygen atoms in total. The Labute approximate surface area is 171 Å². The first-order chi connectivity index (χ1) is 13.9. The number of nitrogens with zero attached hydrogens (tertiary/aromatic N) is 2. The third-order valence-corrected chi connectivity index (χ3v) is 7.86. The third-order valence-electron chi connectivity index (χ3n) is 5.96. The summed E-state index contributed by atoms with van der Waals surface area (Å²) in [6, 6.07) is 12.0. The van der Waals surface area contributed by atoms with Crippen LogP contribution in [0.3, 0.4) is 0 Å². The molecule has 0 atom stereocenters. The Bertz CT molecular complexity index is 1030. The number of carbonyl (C=O) groups excluding carboxylic acids is 1. The largest absolute Gasteiger partial charge is 0.312 e. The Balaban J connectivity index is 1.46. The van der Waals surface area contributed by atoms with Gasteiger partial charge in [0.25, 0.3) is 0 Å². The van der Waals surface area contributed by atoms with Crippen molar-refractivity contribution in [1.29, 1.82) is 0 Å². The van der Waals surface area contributed by atoms with E-state index in [2.05, 4.69) is 6.07 Å². The number of carbonyl (C=O) groups is 1. The van der Waals surface area contributed by atoms with Gasteiger partial charge in [-0.1, -0.05) is 24.3 Å². The molecule has 0 spiro atoms. The minimum Gasteiger partial charge on any atom is -0.312 e. The predicted octanol–water partition coefficient (Wildman–Crippen LogP) is 3.51. The smallest absolute Gasteiger partial charge is 0.243 e. The van der Waals surface area contributed by atoms with Crippen LogP contribution in [0.4, 0.5) is 10.1 Å². The number of piperidine rings is 1. The van der Waals surface area contributed by atoms with Crippen molar-refractivity contribution in [3.05, 3.63) is 59.4 Å². The Morgan fingerprint density at radius 1 is 1.07 bits per heavy atom. The van der Waals surface area contributed by atoms with E-state index in [1.54, 1.807) is 6.92 Å². The van der Waals surface area contributed by atoms with Crippen LogP contribution in [0.2, 0.25) is 0 Å². The highest BCUT2D eigenvalue weighted by molar-refractivity contribution is 7.89. The number of para-hydroxylation sites is 1. The predicted molar refractivity (Wildman–Crippen MR) is 110 cm³/mol. The normalized spacial score (nSPS) is 18.5. The van der Waals surface area contributed by atoms with Crippen LogP contribution in [0.25, 0.3) is 0 Å². The molecule has 2 heterocycles. The van der Waals surface area contributed by atoms with Crippen LogP contribution in [-0.2, 0) is 21.2 Å². The molecular formula is C22H25FN2O3S. The lowest BCUT2D eigenvalue weighted by atomic mass is 9.94. The molecule has 0 unspecified atom stereocenters. The number of aryl methyl sites for hydroxylation is 2. The molecule has 2 aliphatic rings. The van der Waals surface area contributed by atoms with Crippen LogP contribution in [-0.4, -0.2) is 38.3 Å². The highest BCUT2D eigenvalue weighted by atomic mass is 32.2. The van der Waals surface area contributed by atoms with Crippen molar-refractivity contribution in [2.75, 3.05) is 24.5 Å². The van der Waals surface area contributed by atoms with Crippen molar-refractivity contribution in [1.82, 2.24) is 4.31 Å². The van der Waals surface area contributed by atoms with Gasteiger partial charge in [-0.05, 0) is 61.9 Å². The Hall–Kier alpha value is -2.25. The van der Waals surface area contributed by atoms with Gasteiger partial charge in [-0.3, -0.25) is 4.79 Å². The molecule has 1 amide bonds. The maximum Gasteiger partial charge on any atom is 0.243 e. The molecule has 0 saturated carbocycles. The number of anilines is 1. The molecule has 1 fully saturated rings. The average molecular weight is 417 g/mol. The summed E-state index contributed by atoms with van der Waals surface area (Å²) in [5, 5.41) is 0. The summed E-state index contributed by atoms with van der Waals surface area (Å²) in [6.45, 7) is 2.84. The fourth-order valence-electron chi connectivity index (χ4n) is 4.21. The summed E-state index contributed by atoms with van der Waals surface area (Å²) < 4.78 is 40.9. The molecule has 2 aromatic carbocycles. The first-order valence-electron chi connectivity index (χ1n) is 10.0. The highest BCUT2D eigenvalue weighted by Gasteiger charge is 2.35. The Kier molecular flexibility index (Phi) is 5.44. The quantitative estimate of drug-likeness (QED) is 0.769. The van der Waals surface area contributed by atoms with Gasteiger partial charge in [-0.25, -0.2) is 12.8 Å². The maximum atomic E-state index is 13.8. The van der Waals surface area contributed by atoms with Crippen LogP contribution in [0.5, 0.6) is 0 Å². The number of sulfonamides is 1. The number of benzene rings is 2. The lowest BCUT2D eigenvalue weighted by Gasteiger charge is -2.36. The molecule has 0 radical (unpaired) electrons. The zero-order chi connectivity index (χ0) is 20.6. The highest BCUT2D eigenvalue weighted by Crippen LogP contribution is 2.31. The number of amides is 1. The third kappa shape index (κ3) is 3.81. The fourth-order valence-corrected chi connectivity index (χ4v) is 5.69. The second kappa shape index (κ2) is 7.88. The van der Waals surface area contributed by atoms with E-state index in [4.69, 9.17) is 0 Å². The van der Waals surface area contributed by atoms with Gasteiger partial charge >= 0.3 is 0 Å². The van der Waals surface area contributed by atoms with Gasteiger partial charge in [-0.2, -0.15) is 4.31 Å². The summed E-state index contributed by atoms with van der Waals surface area (Å²) in [7, 11) is -3.76. The monoisotopic (exact) mass is 416 g/mol. The number of fused-ring (bicyclic) bond motifs is 1.